The Balaban J connectivity index is 1.69. The zero-order valence-corrected chi connectivity index (χ0v) is 16.4. The third-order valence-corrected chi connectivity index (χ3v) is 6.11. The van der Waals surface area contributed by atoms with Crippen LogP contribution in [0.15, 0.2) is 24.3 Å². The topological polar surface area (TPSA) is 90.5 Å². The van der Waals surface area contributed by atoms with Crippen LogP contribution >= 0.6 is 0 Å². The lowest BCUT2D eigenvalue weighted by Crippen LogP contribution is -2.42. The molecule has 0 bridgehead atoms. The van der Waals surface area contributed by atoms with Crippen molar-refractivity contribution in [3.8, 4) is 0 Å². The predicted octanol–water partition coefficient (Wildman–Crippen LogP) is 1.77. The molecule has 1 aliphatic rings. The van der Waals surface area contributed by atoms with Crippen LogP contribution in [0.5, 0.6) is 0 Å². The minimum atomic E-state index is -3.13. The maximum absolute atomic E-state index is 12.0. The molecule has 1 aliphatic heterocycles. The van der Waals surface area contributed by atoms with Crippen molar-refractivity contribution in [3.05, 3.63) is 29.8 Å². The number of piperidine rings is 1. The summed E-state index contributed by atoms with van der Waals surface area (Å²) in [6.45, 7) is 5.29. The number of amides is 2. The fraction of sp³-hybridized carbons (Fsp3) is 0.611. The third kappa shape index (κ3) is 7.31. The van der Waals surface area contributed by atoms with Crippen LogP contribution in [0.2, 0.25) is 0 Å². The molecule has 1 heterocycles. The first-order valence-corrected chi connectivity index (χ1v) is 10.8. The molecule has 146 valence electrons. The van der Waals surface area contributed by atoms with Crippen molar-refractivity contribution < 1.29 is 13.2 Å². The average molecular weight is 383 g/mol. The number of carbonyl (C=O) groups is 1. The molecule has 8 heteroatoms. The van der Waals surface area contributed by atoms with Crippen LogP contribution in [0, 0.1) is 12.8 Å². The van der Waals surface area contributed by atoms with Crippen molar-refractivity contribution >= 4 is 21.7 Å². The Bertz CT molecular complexity index is 676. The Morgan fingerprint density at radius 3 is 2.69 bits per heavy atom. The molecule has 7 nitrogen and oxygen atoms in total. The number of aryl methyl sites for hydroxylation is 1. The van der Waals surface area contributed by atoms with E-state index in [4.69, 9.17) is 0 Å². The normalized spacial score (nSPS) is 18.5. The fourth-order valence-electron chi connectivity index (χ4n) is 3.15. The number of nitrogens with one attached hydrogen (secondary N) is 3. The van der Waals surface area contributed by atoms with Gasteiger partial charge in [-0.05, 0) is 64.4 Å². The number of benzene rings is 1. The number of hydrogen-bond acceptors (Lipinski definition) is 4. The molecule has 2 amide bonds. The van der Waals surface area contributed by atoms with E-state index in [1.54, 1.807) is 0 Å². The third-order valence-electron chi connectivity index (χ3n) is 4.66. The molecule has 1 fully saturated rings. The standard InChI is InChI=1S/C18H30N4O3S/c1-15-6-8-17(9-7-15)21-18(23)20-13-16-5-3-10-22(14-16)11-4-12-26(24,25)19-2/h6-9,16,19H,3-5,10-14H2,1-2H3,(H2,20,21,23)/t16-/m0/s1. The Morgan fingerprint density at radius 2 is 2.00 bits per heavy atom. The molecule has 0 unspecified atom stereocenters. The van der Waals surface area contributed by atoms with Crippen molar-refractivity contribution in [1.82, 2.24) is 14.9 Å². The first kappa shape index (κ1) is 20.7. The molecular formula is C18H30N4O3S. The van der Waals surface area contributed by atoms with Gasteiger partial charge in [0.2, 0.25) is 10.0 Å². The number of rotatable bonds is 8. The van der Waals surface area contributed by atoms with Gasteiger partial charge in [0.05, 0.1) is 5.75 Å². The first-order valence-electron chi connectivity index (χ1n) is 9.13. The summed E-state index contributed by atoms with van der Waals surface area (Å²) in [6.07, 6.45) is 2.78. The predicted molar refractivity (Wildman–Crippen MR) is 105 cm³/mol. The van der Waals surface area contributed by atoms with E-state index in [1.165, 1.54) is 7.05 Å². The summed E-state index contributed by atoms with van der Waals surface area (Å²) < 4.78 is 25.3. The van der Waals surface area contributed by atoms with Gasteiger partial charge < -0.3 is 15.5 Å². The Hall–Kier alpha value is -1.64. The smallest absolute Gasteiger partial charge is 0.319 e. The lowest BCUT2D eigenvalue weighted by atomic mass is 9.98. The van der Waals surface area contributed by atoms with E-state index in [2.05, 4.69) is 20.3 Å². The Labute approximate surface area is 156 Å². The van der Waals surface area contributed by atoms with Gasteiger partial charge in [-0.15, -0.1) is 0 Å². The summed E-state index contributed by atoms with van der Waals surface area (Å²) in [5.74, 6) is 0.551. The number of likely N-dealkylation sites (tertiary alicyclic amines) is 1. The van der Waals surface area contributed by atoms with Gasteiger partial charge in [0.25, 0.3) is 0 Å². The lowest BCUT2D eigenvalue weighted by Gasteiger charge is -2.32. The van der Waals surface area contributed by atoms with E-state index < -0.39 is 10.0 Å². The summed E-state index contributed by atoms with van der Waals surface area (Å²) in [5.41, 5.74) is 1.94. The van der Waals surface area contributed by atoms with Crippen LogP contribution in [-0.2, 0) is 10.0 Å². The van der Waals surface area contributed by atoms with Crippen molar-refractivity contribution in [2.75, 3.05) is 44.3 Å². The van der Waals surface area contributed by atoms with Crippen molar-refractivity contribution in [2.45, 2.75) is 26.2 Å². The van der Waals surface area contributed by atoms with Crippen molar-refractivity contribution in [3.63, 3.8) is 0 Å². The molecule has 0 aromatic heterocycles. The van der Waals surface area contributed by atoms with Crippen LogP contribution in [0.3, 0.4) is 0 Å². The fourth-order valence-corrected chi connectivity index (χ4v) is 3.86. The Morgan fingerprint density at radius 1 is 1.27 bits per heavy atom. The maximum atomic E-state index is 12.0. The second-order valence-electron chi connectivity index (χ2n) is 6.89. The van der Waals surface area contributed by atoms with Gasteiger partial charge in [-0.1, -0.05) is 17.7 Å². The minimum Gasteiger partial charge on any atom is -0.338 e. The maximum Gasteiger partial charge on any atom is 0.319 e. The highest BCUT2D eigenvalue weighted by molar-refractivity contribution is 7.89. The van der Waals surface area contributed by atoms with Crippen LogP contribution in [-0.4, -0.2) is 58.3 Å². The zero-order chi connectivity index (χ0) is 19.0. The molecular weight excluding hydrogens is 352 g/mol. The van der Waals surface area contributed by atoms with Crippen LogP contribution in [0.4, 0.5) is 10.5 Å². The molecule has 1 atom stereocenters. The molecule has 0 radical (unpaired) electrons. The molecule has 1 aromatic rings. The van der Waals surface area contributed by atoms with Gasteiger partial charge in [-0.25, -0.2) is 17.9 Å². The highest BCUT2D eigenvalue weighted by atomic mass is 32.2. The van der Waals surface area contributed by atoms with Crippen LogP contribution in [0.1, 0.15) is 24.8 Å². The van der Waals surface area contributed by atoms with E-state index in [0.717, 1.165) is 43.7 Å². The van der Waals surface area contributed by atoms with E-state index in [1.807, 2.05) is 31.2 Å². The molecule has 0 saturated carbocycles. The minimum absolute atomic E-state index is 0.155. The molecule has 1 saturated heterocycles. The number of sulfonamides is 1. The Kier molecular flexibility index (Phi) is 7.86. The molecule has 0 spiro atoms. The summed E-state index contributed by atoms with van der Waals surface area (Å²) in [4.78, 5) is 14.3. The van der Waals surface area contributed by atoms with Crippen molar-refractivity contribution in [1.29, 1.82) is 0 Å². The van der Waals surface area contributed by atoms with Gasteiger partial charge >= 0.3 is 6.03 Å². The average Bonchev–Trinajstić information content (AvgIpc) is 2.62. The van der Waals surface area contributed by atoms with Gasteiger partial charge in [0.15, 0.2) is 0 Å². The van der Waals surface area contributed by atoms with Crippen LogP contribution < -0.4 is 15.4 Å². The summed E-state index contributed by atoms with van der Waals surface area (Å²) >= 11 is 0. The van der Waals surface area contributed by atoms with E-state index >= 15 is 0 Å². The number of nitrogens with zero attached hydrogens (tertiary/aromatic N) is 1. The van der Waals surface area contributed by atoms with Gasteiger partial charge in [-0.3, -0.25) is 0 Å². The SMILES string of the molecule is CNS(=O)(=O)CCCN1CCC[C@@H](CNC(=O)Nc2ccc(C)cc2)C1. The summed E-state index contributed by atoms with van der Waals surface area (Å²) in [6, 6.07) is 7.50. The number of carbonyl (C=O) groups excluding carboxylic acids is 1. The molecule has 26 heavy (non-hydrogen) atoms. The van der Waals surface area contributed by atoms with E-state index in [9.17, 15) is 13.2 Å². The number of urea groups is 1. The molecule has 3 N–H and O–H groups in total. The highest BCUT2D eigenvalue weighted by Crippen LogP contribution is 2.16. The lowest BCUT2D eigenvalue weighted by molar-refractivity contribution is 0.173. The van der Waals surface area contributed by atoms with Crippen molar-refractivity contribution in [2.24, 2.45) is 5.92 Å². The summed E-state index contributed by atoms with van der Waals surface area (Å²) in [7, 11) is -1.69. The molecule has 2 rings (SSSR count). The van der Waals surface area contributed by atoms with Gasteiger partial charge in [0.1, 0.15) is 0 Å². The number of anilines is 1. The van der Waals surface area contributed by atoms with Gasteiger partial charge in [0, 0.05) is 18.8 Å². The quantitative estimate of drug-likeness (QED) is 0.639. The molecule has 1 aromatic carbocycles. The monoisotopic (exact) mass is 382 g/mol. The van der Waals surface area contributed by atoms with E-state index in [-0.39, 0.29) is 11.8 Å². The largest absolute Gasteiger partial charge is 0.338 e. The zero-order valence-electron chi connectivity index (χ0n) is 15.6. The van der Waals surface area contributed by atoms with Crippen LogP contribution in [0.25, 0.3) is 0 Å². The first-order chi connectivity index (χ1) is 12.4. The highest BCUT2D eigenvalue weighted by Gasteiger charge is 2.20. The van der Waals surface area contributed by atoms with Gasteiger partial charge in [-0.2, -0.15) is 0 Å². The second-order valence-corrected chi connectivity index (χ2v) is 8.93. The number of hydrogen-bond donors (Lipinski definition) is 3. The van der Waals surface area contributed by atoms with E-state index in [0.29, 0.717) is 18.9 Å². The second kappa shape index (κ2) is 9.89. The summed E-state index contributed by atoms with van der Waals surface area (Å²) in [5, 5.41) is 5.78. The molecule has 0 aliphatic carbocycles.